The summed E-state index contributed by atoms with van der Waals surface area (Å²) in [7, 11) is 3.42. The lowest BCUT2D eigenvalue weighted by Crippen LogP contribution is -2.45. The maximum absolute atomic E-state index is 13.2. The molecule has 1 saturated heterocycles. The first-order valence-electron chi connectivity index (χ1n) is 9.15. The van der Waals surface area contributed by atoms with Gasteiger partial charge in [0.05, 0.1) is 10.6 Å². The van der Waals surface area contributed by atoms with E-state index < -0.39 is 6.04 Å². The van der Waals surface area contributed by atoms with Crippen molar-refractivity contribution >= 4 is 23.2 Å². The van der Waals surface area contributed by atoms with Gasteiger partial charge in [0.15, 0.2) is 5.82 Å². The van der Waals surface area contributed by atoms with E-state index in [1.807, 2.05) is 47.8 Å². The van der Waals surface area contributed by atoms with Crippen LogP contribution < -0.4 is 0 Å². The average Bonchev–Trinajstić information content (AvgIpc) is 3.47. The van der Waals surface area contributed by atoms with E-state index in [0.29, 0.717) is 18.8 Å². The zero-order valence-corrected chi connectivity index (χ0v) is 16.6. The smallest absolute Gasteiger partial charge is 0.294 e. The summed E-state index contributed by atoms with van der Waals surface area (Å²) in [4.78, 5) is 34.3. The van der Waals surface area contributed by atoms with Crippen molar-refractivity contribution in [2.24, 2.45) is 0 Å². The summed E-state index contributed by atoms with van der Waals surface area (Å²) in [5.41, 5.74) is 0.833. The number of rotatable bonds is 4. The molecular weight excluding hydrogens is 374 g/mol. The molecule has 7 nitrogen and oxygen atoms in total. The van der Waals surface area contributed by atoms with Crippen LogP contribution >= 0.6 is 11.3 Å². The van der Waals surface area contributed by atoms with E-state index >= 15 is 0 Å². The third-order valence-electron chi connectivity index (χ3n) is 4.78. The van der Waals surface area contributed by atoms with Crippen LogP contribution in [0.3, 0.4) is 0 Å². The molecule has 0 spiro atoms. The van der Waals surface area contributed by atoms with Crippen LogP contribution in [0.5, 0.6) is 0 Å². The summed E-state index contributed by atoms with van der Waals surface area (Å²) in [6, 6.07) is 13.1. The van der Waals surface area contributed by atoms with Crippen molar-refractivity contribution in [3.8, 4) is 16.4 Å². The Morgan fingerprint density at radius 3 is 2.61 bits per heavy atom. The van der Waals surface area contributed by atoms with Crippen molar-refractivity contribution in [3.63, 3.8) is 0 Å². The number of likely N-dealkylation sites (N-methyl/N-ethyl adjacent to an activating group) is 1. The predicted molar refractivity (Wildman–Crippen MR) is 107 cm³/mol. The highest BCUT2D eigenvalue weighted by Crippen LogP contribution is 2.27. The first kappa shape index (κ1) is 18.4. The number of carbonyl (C=O) groups excluding carboxylic acids is 2. The number of likely N-dealkylation sites (tertiary alicyclic amines) is 1. The monoisotopic (exact) mass is 395 g/mol. The van der Waals surface area contributed by atoms with Crippen LogP contribution in [0.1, 0.15) is 23.5 Å². The van der Waals surface area contributed by atoms with Crippen LogP contribution in [0.4, 0.5) is 0 Å². The highest BCUT2D eigenvalue weighted by molar-refractivity contribution is 7.13. The fourth-order valence-electron chi connectivity index (χ4n) is 3.41. The predicted octanol–water partition coefficient (Wildman–Crippen LogP) is 2.69. The van der Waals surface area contributed by atoms with Crippen LogP contribution in [0.15, 0.2) is 47.8 Å². The number of nitrogens with zero attached hydrogens (tertiary/aromatic N) is 5. The van der Waals surface area contributed by atoms with E-state index in [1.54, 1.807) is 35.0 Å². The number of amides is 2. The zero-order chi connectivity index (χ0) is 19.7. The van der Waals surface area contributed by atoms with Crippen LogP contribution in [0, 0.1) is 0 Å². The summed E-state index contributed by atoms with van der Waals surface area (Å²) in [5.74, 6) is 0.377. The lowest BCUT2D eigenvalue weighted by molar-refractivity contribution is -0.132. The van der Waals surface area contributed by atoms with Crippen molar-refractivity contribution in [3.05, 3.63) is 53.7 Å². The molecule has 144 valence electrons. The fourth-order valence-corrected chi connectivity index (χ4v) is 4.11. The first-order chi connectivity index (χ1) is 13.6. The molecular formula is C20H21N5O2S. The minimum absolute atomic E-state index is 0.0631. The lowest BCUT2D eigenvalue weighted by Gasteiger charge is -2.25. The van der Waals surface area contributed by atoms with E-state index in [0.717, 1.165) is 17.0 Å². The molecule has 1 fully saturated rings. The molecule has 1 aliphatic heterocycles. The van der Waals surface area contributed by atoms with Crippen molar-refractivity contribution in [2.75, 3.05) is 20.6 Å². The maximum atomic E-state index is 13.2. The Morgan fingerprint density at radius 2 is 1.93 bits per heavy atom. The van der Waals surface area contributed by atoms with Crippen molar-refractivity contribution in [1.82, 2.24) is 24.6 Å². The normalized spacial score (nSPS) is 16.4. The van der Waals surface area contributed by atoms with Gasteiger partial charge < -0.3 is 9.80 Å². The highest BCUT2D eigenvalue weighted by Gasteiger charge is 2.37. The lowest BCUT2D eigenvalue weighted by atomic mass is 10.2. The van der Waals surface area contributed by atoms with Gasteiger partial charge in [-0.05, 0) is 36.4 Å². The third-order valence-corrected chi connectivity index (χ3v) is 5.65. The molecule has 1 unspecified atom stereocenters. The number of hydrogen-bond acceptors (Lipinski definition) is 5. The number of para-hydroxylation sites is 1. The van der Waals surface area contributed by atoms with Gasteiger partial charge in [-0.25, -0.2) is 9.67 Å². The SMILES string of the molecule is CN(C)C(=O)C1CCCN1C(=O)c1nc(-c2cccs2)n(-c2ccccc2)n1. The fraction of sp³-hybridized carbons (Fsp3) is 0.300. The van der Waals surface area contributed by atoms with Gasteiger partial charge in [-0.3, -0.25) is 9.59 Å². The van der Waals surface area contributed by atoms with E-state index in [9.17, 15) is 9.59 Å². The molecule has 28 heavy (non-hydrogen) atoms. The molecule has 3 aromatic rings. The molecule has 3 heterocycles. The summed E-state index contributed by atoms with van der Waals surface area (Å²) >= 11 is 1.54. The largest absolute Gasteiger partial charge is 0.347 e. The minimum atomic E-state index is -0.448. The van der Waals surface area contributed by atoms with Gasteiger partial charge >= 0.3 is 0 Å². The molecule has 0 N–H and O–H groups in total. The van der Waals surface area contributed by atoms with Crippen LogP contribution in [-0.4, -0.2) is 63.1 Å². The van der Waals surface area contributed by atoms with Gasteiger partial charge in [-0.2, -0.15) is 0 Å². The zero-order valence-electron chi connectivity index (χ0n) is 15.8. The first-order valence-corrected chi connectivity index (χ1v) is 10.0. The van der Waals surface area contributed by atoms with Crippen LogP contribution in [-0.2, 0) is 4.79 Å². The Labute approximate surface area is 167 Å². The highest BCUT2D eigenvalue weighted by atomic mass is 32.1. The Hall–Kier alpha value is -3.00. The summed E-state index contributed by atoms with van der Waals surface area (Å²) < 4.78 is 1.69. The second-order valence-electron chi connectivity index (χ2n) is 6.87. The molecule has 0 saturated carbocycles. The number of hydrogen-bond donors (Lipinski definition) is 0. The van der Waals surface area contributed by atoms with E-state index in [2.05, 4.69) is 10.1 Å². The summed E-state index contributed by atoms with van der Waals surface area (Å²) in [5, 5.41) is 6.48. The van der Waals surface area contributed by atoms with Gasteiger partial charge in [0.25, 0.3) is 5.91 Å². The molecule has 1 aromatic carbocycles. The van der Waals surface area contributed by atoms with Gasteiger partial charge in [0, 0.05) is 20.6 Å². The Kier molecular flexibility index (Phi) is 4.95. The van der Waals surface area contributed by atoms with Crippen LogP contribution in [0.2, 0.25) is 0 Å². The minimum Gasteiger partial charge on any atom is -0.347 e. The Balaban J connectivity index is 1.72. The molecule has 0 bridgehead atoms. The van der Waals surface area contributed by atoms with Crippen LogP contribution in [0.25, 0.3) is 16.4 Å². The quantitative estimate of drug-likeness (QED) is 0.681. The number of thiophene rings is 1. The van der Waals surface area contributed by atoms with E-state index in [4.69, 9.17) is 0 Å². The topological polar surface area (TPSA) is 71.3 Å². The van der Waals surface area contributed by atoms with Crippen molar-refractivity contribution < 1.29 is 9.59 Å². The standard InChI is InChI=1S/C20H21N5O2S/c1-23(2)19(26)15-10-6-12-24(15)20(27)17-21-18(16-11-7-13-28-16)25(22-17)14-8-4-3-5-9-14/h3-5,7-9,11,13,15H,6,10,12H2,1-2H3. The van der Waals surface area contributed by atoms with E-state index in [1.165, 1.54) is 4.90 Å². The van der Waals surface area contributed by atoms with Gasteiger partial charge in [0.2, 0.25) is 11.7 Å². The second-order valence-corrected chi connectivity index (χ2v) is 7.82. The molecule has 2 aromatic heterocycles. The summed E-state index contributed by atoms with van der Waals surface area (Å²) in [6.07, 6.45) is 1.47. The Bertz CT molecular complexity index is 981. The molecule has 1 atom stereocenters. The molecule has 1 aliphatic rings. The maximum Gasteiger partial charge on any atom is 0.294 e. The van der Waals surface area contributed by atoms with Gasteiger partial charge in [0.1, 0.15) is 6.04 Å². The van der Waals surface area contributed by atoms with Gasteiger partial charge in [-0.1, -0.05) is 24.3 Å². The average molecular weight is 395 g/mol. The Morgan fingerprint density at radius 1 is 1.14 bits per heavy atom. The number of aromatic nitrogens is 3. The molecule has 0 radical (unpaired) electrons. The van der Waals surface area contributed by atoms with E-state index in [-0.39, 0.29) is 17.6 Å². The molecule has 0 aliphatic carbocycles. The van der Waals surface area contributed by atoms with Crippen molar-refractivity contribution in [2.45, 2.75) is 18.9 Å². The summed E-state index contributed by atoms with van der Waals surface area (Å²) in [6.45, 7) is 0.539. The third kappa shape index (κ3) is 3.31. The van der Waals surface area contributed by atoms with Gasteiger partial charge in [-0.15, -0.1) is 16.4 Å². The van der Waals surface area contributed by atoms with Crippen molar-refractivity contribution in [1.29, 1.82) is 0 Å². The second kappa shape index (κ2) is 7.55. The molecule has 8 heteroatoms. The number of benzene rings is 1. The molecule has 2 amide bonds. The number of carbonyl (C=O) groups is 2. The molecule has 4 rings (SSSR count).